The van der Waals surface area contributed by atoms with Gasteiger partial charge in [-0.15, -0.1) is 0 Å². The highest BCUT2D eigenvalue weighted by Gasteiger charge is 2.50. The first-order valence-electron chi connectivity index (χ1n) is 5.18. The van der Waals surface area contributed by atoms with Gasteiger partial charge >= 0.3 is 17.9 Å². The van der Waals surface area contributed by atoms with E-state index >= 15 is 0 Å². The van der Waals surface area contributed by atoms with Crippen molar-refractivity contribution in [1.82, 2.24) is 0 Å². The zero-order chi connectivity index (χ0) is 14.3. The number of carboxylic acids is 1. The van der Waals surface area contributed by atoms with E-state index in [9.17, 15) is 19.2 Å². The molecule has 0 rings (SSSR count). The summed E-state index contributed by atoms with van der Waals surface area (Å²) in [5.41, 5.74) is -1.97. The molecule has 7 nitrogen and oxygen atoms in total. The van der Waals surface area contributed by atoms with E-state index in [0.717, 1.165) is 14.2 Å². The van der Waals surface area contributed by atoms with Crippen molar-refractivity contribution in [2.45, 2.75) is 26.2 Å². The van der Waals surface area contributed by atoms with Crippen LogP contribution >= 0.6 is 0 Å². The molecule has 0 saturated heterocycles. The molecule has 0 aromatic carbocycles. The maximum absolute atomic E-state index is 11.7. The molecule has 0 unspecified atom stereocenters. The van der Waals surface area contributed by atoms with Crippen molar-refractivity contribution in [3.63, 3.8) is 0 Å². The van der Waals surface area contributed by atoms with Crippen molar-refractivity contribution in [3.05, 3.63) is 0 Å². The average Bonchev–Trinajstić information content (AvgIpc) is 2.31. The average molecular weight is 260 g/mol. The Hall–Kier alpha value is -1.92. The van der Waals surface area contributed by atoms with Crippen LogP contribution in [-0.4, -0.2) is 43.0 Å². The van der Waals surface area contributed by atoms with Gasteiger partial charge in [0.05, 0.1) is 20.6 Å². The van der Waals surface area contributed by atoms with E-state index in [-0.39, 0.29) is 18.6 Å². The molecule has 0 bridgehead atoms. The smallest absolute Gasteiger partial charge is 0.323 e. The van der Waals surface area contributed by atoms with Gasteiger partial charge in [-0.3, -0.25) is 14.4 Å². The van der Waals surface area contributed by atoms with Gasteiger partial charge in [-0.05, 0) is 13.3 Å². The highest BCUT2D eigenvalue weighted by Crippen LogP contribution is 2.32. The highest BCUT2D eigenvalue weighted by atomic mass is 16.5. The van der Waals surface area contributed by atoms with Crippen LogP contribution in [0.4, 0.5) is 0 Å². The van der Waals surface area contributed by atoms with E-state index < -0.39 is 29.7 Å². The Bertz CT molecular complexity index is 342. The first kappa shape index (κ1) is 16.1. The van der Waals surface area contributed by atoms with Crippen LogP contribution in [0.1, 0.15) is 26.2 Å². The number of methoxy groups -OCH3 is 2. The SMILES string of the molecule is COC(=O)C(CCC(C)=O)(CC(=O)O)C(=O)OC. The number of esters is 2. The molecule has 0 radical (unpaired) electrons. The molecule has 0 aliphatic heterocycles. The minimum Gasteiger partial charge on any atom is -0.481 e. The van der Waals surface area contributed by atoms with Crippen LogP contribution in [0, 0.1) is 5.41 Å². The summed E-state index contributed by atoms with van der Waals surface area (Å²) in [6, 6.07) is 0. The number of hydrogen-bond acceptors (Lipinski definition) is 6. The zero-order valence-electron chi connectivity index (χ0n) is 10.5. The van der Waals surface area contributed by atoms with Gasteiger partial charge in [-0.2, -0.15) is 0 Å². The molecule has 0 atom stereocenters. The summed E-state index contributed by atoms with van der Waals surface area (Å²) in [5, 5.41) is 8.80. The summed E-state index contributed by atoms with van der Waals surface area (Å²) in [6.45, 7) is 1.28. The predicted molar refractivity (Wildman–Crippen MR) is 58.6 cm³/mol. The molecule has 0 aromatic heterocycles. The van der Waals surface area contributed by atoms with Crippen LogP contribution < -0.4 is 0 Å². The Morgan fingerprint density at radius 1 is 1.06 bits per heavy atom. The van der Waals surface area contributed by atoms with Gasteiger partial charge in [0.25, 0.3) is 0 Å². The van der Waals surface area contributed by atoms with Gasteiger partial charge < -0.3 is 19.4 Å². The highest BCUT2D eigenvalue weighted by molar-refractivity contribution is 6.03. The second-order valence-corrected chi connectivity index (χ2v) is 3.84. The molecular weight excluding hydrogens is 244 g/mol. The van der Waals surface area contributed by atoms with Gasteiger partial charge in [-0.1, -0.05) is 0 Å². The summed E-state index contributed by atoms with van der Waals surface area (Å²) < 4.78 is 8.91. The van der Waals surface area contributed by atoms with E-state index in [1.54, 1.807) is 0 Å². The summed E-state index contributed by atoms with van der Waals surface area (Å²) in [6.07, 6.45) is -1.15. The quantitative estimate of drug-likeness (QED) is 0.513. The Balaban J connectivity index is 5.38. The van der Waals surface area contributed by atoms with E-state index in [1.807, 2.05) is 0 Å². The standard InChI is InChI=1S/C11H16O7/c1-7(12)4-5-11(6-8(13)14,9(15)17-2)10(16)18-3/h4-6H2,1-3H3,(H,13,14). The lowest BCUT2D eigenvalue weighted by Crippen LogP contribution is -2.43. The van der Waals surface area contributed by atoms with Gasteiger partial charge in [0, 0.05) is 6.42 Å². The molecule has 0 aliphatic carbocycles. The molecule has 102 valence electrons. The number of carbonyl (C=O) groups excluding carboxylic acids is 3. The summed E-state index contributed by atoms with van der Waals surface area (Å²) in [7, 11) is 2.07. The lowest BCUT2D eigenvalue weighted by atomic mass is 9.79. The van der Waals surface area contributed by atoms with Crippen LogP contribution in [0.15, 0.2) is 0 Å². The van der Waals surface area contributed by atoms with Crippen molar-refractivity contribution in [2.24, 2.45) is 5.41 Å². The topological polar surface area (TPSA) is 107 Å². The fourth-order valence-corrected chi connectivity index (χ4v) is 1.56. The number of hydrogen-bond donors (Lipinski definition) is 1. The van der Waals surface area contributed by atoms with Gasteiger partial charge in [0.15, 0.2) is 5.41 Å². The minimum atomic E-state index is -1.97. The Morgan fingerprint density at radius 3 is 1.78 bits per heavy atom. The largest absolute Gasteiger partial charge is 0.481 e. The van der Waals surface area contributed by atoms with E-state index in [1.165, 1.54) is 6.92 Å². The van der Waals surface area contributed by atoms with Crippen molar-refractivity contribution < 1.29 is 33.8 Å². The van der Waals surface area contributed by atoms with Crippen LogP contribution in [0.5, 0.6) is 0 Å². The summed E-state index contributed by atoms with van der Waals surface area (Å²) in [4.78, 5) is 45.1. The van der Waals surface area contributed by atoms with Crippen LogP contribution in [-0.2, 0) is 28.7 Å². The first-order chi connectivity index (χ1) is 8.30. The van der Waals surface area contributed by atoms with E-state index in [0.29, 0.717) is 0 Å². The monoisotopic (exact) mass is 260 g/mol. The summed E-state index contributed by atoms with van der Waals surface area (Å²) in [5.74, 6) is -3.65. The van der Waals surface area contributed by atoms with E-state index in [2.05, 4.69) is 9.47 Å². The number of ketones is 1. The van der Waals surface area contributed by atoms with Crippen LogP contribution in [0.2, 0.25) is 0 Å². The maximum Gasteiger partial charge on any atom is 0.323 e. The second kappa shape index (κ2) is 6.73. The van der Waals surface area contributed by atoms with Crippen molar-refractivity contribution >= 4 is 23.7 Å². The molecule has 18 heavy (non-hydrogen) atoms. The number of ether oxygens (including phenoxy) is 2. The number of carboxylic acid groups (broad SMARTS) is 1. The van der Waals surface area contributed by atoms with Gasteiger partial charge in [0.2, 0.25) is 0 Å². The molecule has 0 heterocycles. The molecule has 1 N–H and O–H groups in total. The van der Waals surface area contributed by atoms with E-state index in [4.69, 9.17) is 5.11 Å². The minimum absolute atomic E-state index is 0.114. The first-order valence-corrected chi connectivity index (χ1v) is 5.18. The summed E-state index contributed by atoms with van der Waals surface area (Å²) >= 11 is 0. The van der Waals surface area contributed by atoms with Crippen molar-refractivity contribution in [3.8, 4) is 0 Å². The number of aliphatic carboxylic acids is 1. The fraction of sp³-hybridized carbons (Fsp3) is 0.636. The lowest BCUT2D eigenvalue weighted by Gasteiger charge is -2.26. The lowest BCUT2D eigenvalue weighted by molar-refractivity contribution is -0.174. The molecule has 7 heteroatoms. The third-order valence-electron chi connectivity index (χ3n) is 2.51. The third-order valence-corrected chi connectivity index (χ3v) is 2.51. The Kier molecular flexibility index (Phi) is 6.01. The molecule has 0 fully saturated rings. The predicted octanol–water partition coefficient (Wildman–Crippen LogP) is 0.163. The number of Topliss-reactive ketones (excluding diaryl/α,β-unsaturated/α-hetero) is 1. The molecule has 0 amide bonds. The van der Waals surface area contributed by atoms with Crippen molar-refractivity contribution in [1.29, 1.82) is 0 Å². The maximum atomic E-state index is 11.7. The normalized spacial score (nSPS) is 10.6. The number of rotatable bonds is 7. The van der Waals surface area contributed by atoms with Crippen LogP contribution in [0.25, 0.3) is 0 Å². The second-order valence-electron chi connectivity index (χ2n) is 3.84. The fourth-order valence-electron chi connectivity index (χ4n) is 1.56. The van der Waals surface area contributed by atoms with Crippen LogP contribution in [0.3, 0.4) is 0 Å². The van der Waals surface area contributed by atoms with Gasteiger partial charge in [-0.25, -0.2) is 0 Å². The van der Waals surface area contributed by atoms with Gasteiger partial charge in [0.1, 0.15) is 5.78 Å². The number of carbonyl (C=O) groups is 4. The molecule has 0 aliphatic rings. The Labute approximate surface area is 104 Å². The van der Waals surface area contributed by atoms with Crippen molar-refractivity contribution in [2.75, 3.05) is 14.2 Å². The molecular formula is C11H16O7. The Morgan fingerprint density at radius 2 is 1.50 bits per heavy atom. The molecule has 0 saturated carbocycles. The molecule has 0 aromatic rings. The zero-order valence-corrected chi connectivity index (χ0v) is 10.5. The third kappa shape index (κ3) is 3.83. The molecule has 0 spiro atoms.